The lowest BCUT2D eigenvalue weighted by atomic mass is 10.2. The summed E-state index contributed by atoms with van der Waals surface area (Å²) in [5.74, 6) is 0.583. The number of rotatable bonds is 6. The Morgan fingerprint density at radius 2 is 1.69 bits per heavy atom. The summed E-state index contributed by atoms with van der Waals surface area (Å²) in [6.07, 6.45) is -4.68. The molecule has 35 heavy (non-hydrogen) atoms. The molecule has 0 aliphatic heterocycles. The Balaban J connectivity index is 1.60. The van der Waals surface area contributed by atoms with Gasteiger partial charge in [-0.2, -0.15) is 18.2 Å². The molecule has 0 aliphatic carbocycles. The van der Waals surface area contributed by atoms with Gasteiger partial charge in [-0.1, -0.05) is 52.2 Å². The van der Waals surface area contributed by atoms with Crippen LogP contribution in [0.2, 0.25) is 15.1 Å². The molecule has 1 heterocycles. The third kappa shape index (κ3) is 5.39. The maximum Gasteiger partial charge on any atom is 0.416 e. The number of nitrogens with one attached hydrogen (secondary N) is 1. The van der Waals surface area contributed by atoms with E-state index in [-0.39, 0.29) is 26.7 Å². The first-order chi connectivity index (χ1) is 16.4. The zero-order valence-corrected chi connectivity index (χ0v) is 21.2. The van der Waals surface area contributed by atoms with Crippen LogP contribution in [0, 0.1) is 0 Å². The monoisotopic (exact) mass is 582 g/mol. The van der Waals surface area contributed by atoms with Crippen LogP contribution in [0.1, 0.15) is 5.56 Å². The number of halogens is 6. The number of benzene rings is 3. The molecule has 1 aromatic heterocycles. The van der Waals surface area contributed by atoms with Crippen LogP contribution in [0.15, 0.2) is 53.4 Å². The number of anilines is 1. The van der Waals surface area contributed by atoms with Crippen LogP contribution in [-0.4, -0.2) is 20.5 Å². The average molecular weight is 584 g/mol. The topological polar surface area (TPSA) is 77.5 Å². The molecule has 4 aromatic rings. The number of para-hydroxylation sites is 1. The van der Waals surface area contributed by atoms with Gasteiger partial charge in [0.05, 0.1) is 38.1 Å². The van der Waals surface area contributed by atoms with E-state index in [0.717, 1.165) is 10.8 Å². The van der Waals surface area contributed by atoms with E-state index >= 15 is 0 Å². The molecule has 0 spiro atoms. The van der Waals surface area contributed by atoms with Crippen molar-refractivity contribution in [1.82, 2.24) is 4.98 Å². The molecule has 1 N–H and O–H groups in total. The fourth-order valence-corrected chi connectivity index (χ4v) is 6.01. The smallest absolute Gasteiger partial charge is 0.416 e. The van der Waals surface area contributed by atoms with Crippen LogP contribution in [0.5, 0.6) is 16.7 Å². The number of methoxy groups -OCH3 is 1. The lowest BCUT2D eigenvalue weighted by molar-refractivity contribution is -0.137. The SMILES string of the molecule is COc1cccc2sc(Oc3c(Cl)cc(NS(=O)(=O)c4ccc(C(F)(F)F)cc4Cl)cc3Cl)nc12. The van der Waals surface area contributed by atoms with Crippen molar-refractivity contribution in [2.24, 2.45) is 0 Å². The van der Waals surface area contributed by atoms with Crippen molar-refractivity contribution in [2.45, 2.75) is 11.1 Å². The van der Waals surface area contributed by atoms with Crippen molar-refractivity contribution < 1.29 is 31.1 Å². The van der Waals surface area contributed by atoms with Gasteiger partial charge in [0.1, 0.15) is 16.2 Å². The molecule has 184 valence electrons. The highest BCUT2D eigenvalue weighted by Gasteiger charge is 2.32. The minimum absolute atomic E-state index is 0.0295. The Labute approximate surface area is 216 Å². The molecule has 0 saturated heterocycles. The van der Waals surface area contributed by atoms with Gasteiger partial charge in [-0.3, -0.25) is 4.72 Å². The number of alkyl halides is 3. The van der Waals surface area contributed by atoms with Gasteiger partial charge < -0.3 is 9.47 Å². The highest BCUT2D eigenvalue weighted by molar-refractivity contribution is 7.92. The number of ether oxygens (including phenoxy) is 2. The van der Waals surface area contributed by atoms with Gasteiger partial charge in [0, 0.05) is 0 Å². The first kappa shape index (κ1) is 25.6. The number of aromatic nitrogens is 1. The first-order valence-corrected chi connectivity index (χ1v) is 12.8. The summed E-state index contributed by atoms with van der Waals surface area (Å²) in [5, 5.41) is -0.464. The standard InChI is InChI=1S/C21H12Cl3F3N2O4S2/c1-32-15-3-2-4-16-18(15)28-20(34-16)33-19-13(23)8-11(9-14(19)24)29-35(30,31)17-6-5-10(7-12(17)22)21(25,26)27/h2-9,29H,1H3. The molecule has 0 amide bonds. The van der Waals surface area contributed by atoms with Crippen molar-refractivity contribution in [1.29, 1.82) is 0 Å². The summed E-state index contributed by atoms with van der Waals surface area (Å²) in [5.41, 5.74) is -0.559. The molecule has 3 aromatic carbocycles. The van der Waals surface area contributed by atoms with Crippen molar-refractivity contribution >= 4 is 72.1 Å². The number of nitrogens with zero attached hydrogens (tertiary/aromatic N) is 1. The highest BCUT2D eigenvalue weighted by atomic mass is 35.5. The maximum atomic E-state index is 12.8. The van der Waals surface area contributed by atoms with Crippen LogP contribution >= 0.6 is 46.1 Å². The predicted octanol–water partition coefficient (Wildman–Crippen LogP) is 7.88. The summed E-state index contributed by atoms with van der Waals surface area (Å²) in [6, 6.07) is 9.73. The van der Waals surface area contributed by atoms with E-state index in [9.17, 15) is 21.6 Å². The quantitative estimate of drug-likeness (QED) is 0.250. The van der Waals surface area contributed by atoms with Gasteiger partial charge in [0.25, 0.3) is 15.2 Å². The molecule has 6 nitrogen and oxygen atoms in total. The molecule has 0 bridgehead atoms. The van der Waals surface area contributed by atoms with Crippen molar-refractivity contribution in [2.75, 3.05) is 11.8 Å². The minimum Gasteiger partial charge on any atom is -0.494 e. The van der Waals surface area contributed by atoms with Crippen molar-refractivity contribution in [3.63, 3.8) is 0 Å². The van der Waals surface area contributed by atoms with E-state index in [1.165, 1.54) is 30.6 Å². The third-order valence-electron chi connectivity index (χ3n) is 4.57. The number of hydrogen-bond acceptors (Lipinski definition) is 6. The highest BCUT2D eigenvalue weighted by Crippen LogP contribution is 2.42. The molecule has 14 heteroatoms. The van der Waals surface area contributed by atoms with Gasteiger partial charge >= 0.3 is 6.18 Å². The fraction of sp³-hybridized carbons (Fsp3) is 0.0952. The van der Waals surface area contributed by atoms with Crippen LogP contribution in [0.25, 0.3) is 10.2 Å². The largest absolute Gasteiger partial charge is 0.494 e. The second-order valence-electron chi connectivity index (χ2n) is 6.91. The zero-order valence-electron chi connectivity index (χ0n) is 17.3. The van der Waals surface area contributed by atoms with E-state index in [0.29, 0.717) is 23.4 Å². The predicted molar refractivity (Wildman–Crippen MR) is 130 cm³/mol. The summed E-state index contributed by atoms with van der Waals surface area (Å²) in [6.45, 7) is 0. The summed E-state index contributed by atoms with van der Waals surface area (Å²) in [4.78, 5) is 3.81. The lowest BCUT2D eigenvalue weighted by Gasteiger charge is -2.14. The second-order valence-corrected chi connectivity index (χ2v) is 10.8. The average Bonchev–Trinajstić information content (AvgIpc) is 3.18. The van der Waals surface area contributed by atoms with Crippen molar-refractivity contribution in [3.05, 3.63) is 69.2 Å². The van der Waals surface area contributed by atoms with Gasteiger partial charge in [-0.25, -0.2) is 8.42 Å². The van der Waals surface area contributed by atoms with E-state index in [1.807, 2.05) is 6.07 Å². The number of sulfonamides is 1. The first-order valence-electron chi connectivity index (χ1n) is 9.39. The molecular formula is C21H12Cl3F3N2O4S2. The molecule has 0 atom stereocenters. The number of fused-ring (bicyclic) bond motifs is 1. The van der Waals surface area contributed by atoms with E-state index in [2.05, 4.69) is 9.71 Å². The Bertz CT molecular complexity index is 1520. The van der Waals surface area contributed by atoms with Crippen molar-refractivity contribution in [3.8, 4) is 16.7 Å². The van der Waals surface area contributed by atoms with Gasteiger partial charge in [-0.05, 0) is 42.5 Å². The van der Waals surface area contributed by atoms with E-state index in [4.69, 9.17) is 44.3 Å². The summed E-state index contributed by atoms with van der Waals surface area (Å²) in [7, 11) is -2.85. The van der Waals surface area contributed by atoms with Gasteiger partial charge in [0.15, 0.2) is 5.75 Å². The molecule has 4 rings (SSSR count). The molecule has 0 radical (unpaired) electrons. The van der Waals surface area contributed by atoms with Crippen LogP contribution < -0.4 is 14.2 Å². The van der Waals surface area contributed by atoms with Gasteiger partial charge in [-0.15, -0.1) is 0 Å². The number of hydrogen-bond donors (Lipinski definition) is 1. The van der Waals surface area contributed by atoms with Crippen LogP contribution in [-0.2, 0) is 16.2 Å². The maximum absolute atomic E-state index is 12.8. The zero-order chi connectivity index (χ0) is 25.5. The summed E-state index contributed by atoms with van der Waals surface area (Å²) >= 11 is 19.6. The minimum atomic E-state index is -4.68. The molecular weight excluding hydrogens is 572 g/mol. The van der Waals surface area contributed by atoms with E-state index < -0.39 is 31.7 Å². The number of thiazole rings is 1. The Kier molecular flexibility index (Phi) is 7.00. The second kappa shape index (κ2) is 9.55. The normalized spacial score (nSPS) is 12.1. The Hall–Kier alpha value is -2.44. The Morgan fingerprint density at radius 1 is 1.00 bits per heavy atom. The Morgan fingerprint density at radius 3 is 2.29 bits per heavy atom. The fourth-order valence-electron chi connectivity index (χ4n) is 3.02. The third-order valence-corrected chi connectivity index (χ3v) is 7.90. The molecule has 0 aliphatic rings. The molecule has 0 saturated carbocycles. The van der Waals surface area contributed by atoms with Crippen LogP contribution in [0.3, 0.4) is 0 Å². The van der Waals surface area contributed by atoms with E-state index in [1.54, 1.807) is 12.1 Å². The molecule has 0 fully saturated rings. The van der Waals surface area contributed by atoms with Crippen LogP contribution in [0.4, 0.5) is 18.9 Å². The van der Waals surface area contributed by atoms with Gasteiger partial charge in [0.2, 0.25) is 0 Å². The molecule has 0 unspecified atom stereocenters. The lowest BCUT2D eigenvalue weighted by Crippen LogP contribution is -2.14. The summed E-state index contributed by atoms with van der Waals surface area (Å²) < 4.78 is 78.0.